The molecule has 0 amide bonds. The Balaban J connectivity index is 2.04. The highest BCUT2D eigenvalue weighted by molar-refractivity contribution is 9.10. The molecule has 0 radical (unpaired) electrons. The third-order valence-corrected chi connectivity index (χ3v) is 3.69. The summed E-state index contributed by atoms with van der Waals surface area (Å²) in [6.07, 6.45) is 0. The number of hydrogen-bond acceptors (Lipinski definition) is 4. The SMILES string of the molecule is Cc1nc(N)cc(Oc2ccc3ccccc3c2Br)n1. The molecule has 3 rings (SSSR count). The molecule has 20 heavy (non-hydrogen) atoms. The summed E-state index contributed by atoms with van der Waals surface area (Å²) in [7, 11) is 0. The van der Waals surface area contributed by atoms with Crippen LogP contribution < -0.4 is 10.5 Å². The minimum atomic E-state index is 0.393. The lowest BCUT2D eigenvalue weighted by molar-refractivity contribution is 0.458. The van der Waals surface area contributed by atoms with Crippen LogP contribution in [0.4, 0.5) is 5.82 Å². The van der Waals surface area contributed by atoms with Crippen molar-refractivity contribution < 1.29 is 4.74 Å². The first-order valence-electron chi connectivity index (χ1n) is 6.10. The largest absolute Gasteiger partial charge is 0.438 e. The second-order valence-electron chi connectivity index (χ2n) is 4.38. The van der Waals surface area contributed by atoms with Crippen molar-refractivity contribution in [1.82, 2.24) is 9.97 Å². The molecule has 0 saturated carbocycles. The number of hydrogen-bond donors (Lipinski definition) is 1. The number of benzene rings is 2. The number of nitrogens with zero attached hydrogens (tertiary/aromatic N) is 2. The molecular weight excluding hydrogens is 318 g/mol. The van der Waals surface area contributed by atoms with Gasteiger partial charge >= 0.3 is 0 Å². The molecule has 1 aromatic heterocycles. The fourth-order valence-electron chi connectivity index (χ4n) is 2.02. The van der Waals surface area contributed by atoms with Crippen molar-refractivity contribution in [3.8, 4) is 11.6 Å². The molecule has 4 nitrogen and oxygen atoms in total. The van der Waals surface area contributed by atoms with Gasteiger partial charge in [-0.05, 0) is 39.7 Å². The Morgan fingerprint density at radius 2 is 1.90 bits per heavy atom. The average Bonchev–Trinajstić information content (AvgIpc) is 2.41. The molecule has 0 bridgehead atoms. The second kappa shape index (κ2) is 5.09. The Kier molecular flexibility index (Phi) is 3.28. The molecule has 0 fully saturated rings. The van der Waals surface area contributed by atoms with Gasteiger partial charge < -0.3 is 10.5 Å². The summed E-state index contributed by atoms with van der Waals surface area (Å²) >= 11 is 3.58. The van der Waals surface area contributed by atoms with Gasteiger partial charge in [-0.1, -0.05) is 30.3 Å². The zero-order valence-electron chi connectivity index (χ0n) is 10.8. The van der Waals surface area contributed by atoms with Gasteiger partial charge in [-0.2, -0.15) is 4.98 Å². The number of aryl methyl sites for hydroxylation is 1. The topological polar surface area (TPSA) is 61.0 Å². The molecule has 1 heterocycles. The molecule has 0 spiro atoms. The number of aromatic nitrogens is 2. The van der Waals surface area contributed by atoms with Crippen molar-refractivity contribution in [2.45, 2.75) is 6.92 Å². The molecule has 5 heteroatoms. The number of halogens is 1. The monoisotopic (exact) mass is 329 g/mol. The van der Waals surface area contributed by atoms with E-state index in [-0.39, 0.29) is 0 Å². The van der Waals surface area contributed by atoms with Crippen LogP contribution in [-0.2, 0) is 0 Å². The van der Waals surface area contributed by atoms with Crippen LogP contribution >= 0.6 is 15.9 Å². The van der Waals surface area contributed by atoms with Gasteiger partial charge in [0.15, 0.2) is 0 Å². The zero-order valence-corrected chi connectivity index (χ0v) is 12.4. The van der Waals surface area contributed by atoms with Gasteiger partial charge in [-0.15, -0.1) is 0 Å². The van der Waals surface area contributed by atoms with Gasteiger partial charge in [0, 0.05) is 6.07 Å². The van der Waals surface area contributed by atoms with Crippen molar-refractivity contribution >= 4 is 32.5 Å². The average molecular weight is 330 g/mol. The van der Waals surface area contributed by atoms with Crippen LogP contribution in [0.3, 0.4) is 0 Å². The predicted octanol–water partition coefficient (Wildman–Crippen LogP) is 4.08. The van der Waals surface area contributed by atoms with Crippen molar-refractivity contribution in [3.05, 3.63) is 52.8 Å². The summed E-state index contributed by atoms with van der Waals surface area (Å²) in [6, 6.07) is 13.6. The highest BCUT2D eigenvalue weighted by atomic mass is 79.9. The van der Waals surface area contributed by atoms with E-state index in [1.165, 1.54) is 0 Å². The van der Waals surface area contributed by atoms with E-state index in [9.17, 15) is 0 Å². The van der Waals surface area contributed by atoms with E-state index in [4.69, 9.17) is 10.5 Å². The number of nitrogens with two attached hydrogens (primary N) is 1. The molecule has 100 valence electrons. The third kappa shape index (κ3) is 2.44. The van der Waals surface area contributed by atoms with E-state index in [2.05, 4.69) is 32.0 Å². The van der Waals surface area contributed by atoms with Crippen LogP contribution in [-0.4, -0.2) is 9.97 Å². The van der Waals surface area contributed by atoms with Crippen LogP contribution in [0.1, 0.15) is 5.82 Å². The Morgan fingerprint density at radius 1 is 1.10 bits per heavy atom. The summed E-state index contributed by atoms with van der Waals surface area (Å²) in [4.78, 5) is 8.24. The van der Waals surface area contributed by atoms with Crippen molar-refractivity contribution in [2.24, 2.45) is 0 Å². The molecule has 2 N–H and O–H groups in total. The molecule has 0 unspecified atom stereocenters. The molecule has 0 saturated heterocycles. The highest BCUT2D eigenvalue weighted by Crippen LogP contribution is 2.35. The predicted molar refractivity (Wildman–Crippen MR) is 82.9 cm³/mol. The van der Waals surface area contributed by atoms with Gasteiger partial charge in [0.2, 0.25) is 5.88 Å². The number of ether oxygens (including phenoxy) is 1. The number of anilines is 1. The van der Waals surface area contributed by atoms with E-state index in [0.717, 1.165) is 15.2 Å². The van der Waals surface area contributed by atoms with E-state index < -0.39 is 0 Å². The molecule has 0 atom stereocenters. The summed E-state index contributed by atoms with van der Waals surface area (Å²) in [5.41, 5.74) is 5.70. The summed E-state index contributed by atoms with van der Waals surface area (Å²) < 4.78 is 6.69. The van der Waals surface area contributed by atoms with Gasteiger partial charge in [0.25, 0.3) is 0 Å². The van der Waals surface area contributed by atoms with Gasteiger partial charge in [0.05, 0.1) is 4.47 Å². The first-order valence-corrected chi connectivity index (χ1v) is 6.89. The van der Waals surface area contributed by atoms with E-state index in [0.29, 0.717) is 23.3 Å². The fourth-order valence-corrected chi connectivity index (χ4v) is 2.59. The first kappa shape index (κ1) is 12.9. The lowest BCUT2D eigenvalue weighted by Gasteiger charge is -2.10. The lowest BCUT2D eigenvalue weighted by atomic mass is 10.1. The Hall–Kier alpha value is -2.14. The molecule has 0 aliphatic rings. The van der Waals surface area contributed by atoms with Crippen molar-refractivity contribution in [2.75, 3.05) is 5.73 Å². The normalized spacial score (nSPS) is 10.7. The molecular formula is C15H12BrN3O. The summed E-state index contributed by atoms with van der Waals surface area (Å²) in [5.74, 6) is 2.11. The quantitative estimate of drug-likeness (QED) is 0.769. The Morgan fingerprint density at radius 3 is 2.70 bits per heavy atom. The summed E-state index contributed by atoms with van der Waals surface area (Å²) in [6.45, 7) is 1.78. The smallest absolute Gasteiger partial charge is 0.224 e. The van der Waals surface area contributed by atoms with Crippen LogP contribution in [0.25, 0.3) is 10.8 Å². The van der Waals surface area contributed by atoms with Gasteiger partial charge in [-0.3, -0.25) is 0 Å². The Bertz CT molecular complexity index is 769. The zero-order chi connectivity index (χ0) is 14.1. The maximum absolute atomic E-state index is 5.80. The van der Waals surface area contributed by atoms with Crippen LogP contribution in [0, 0.1) is 6.92 Å². The maximum atomic E-state index is 5.80. The second-order valence-corrected chi connectivity index (χ2v) is 5.17. The van der Waals surface area contributed by atoms with Crippen molar-refractivity contribution in [3.63, 3.8) is 0 Å². The van der Waals surface area contributed by atoms with E-state index in [1.807, 2.05) is 30.3 Å². The third-order valence-electron chi connectivity index (χ3n) is 2.88. The number of fused-ring (bicyclic) bond motifs is 1. The van der Waals surface area contributed by atoms with E-state index in [1.54, 1.807) is 13.0 Å². The van der Waals surface area contributed by atoms with Gasteiger partial charge in [-0.25, -0.2) is 4.98 Å². The Labute approximate surface area is 124 Å². The lowest BCUT2D eigenvalue weighted by Crippen LogP contribution is -1.98. The summed E-state index contributed by atoms with van der Waals surface area (Å²) in [5, 5.41) is 2.23. The van der Waals surface area contributed by atoms with Gasteiger partial charge in [0.1, 0.15) is 17.4 Å². The first-order chi connectivity index (χ1) is 9.63. The molecule has 3 aromatic rings. The maximum Gasteiger partial charge on any atom is 0.224 e. The number of rotatable bonds is 2. The molecule has 0 aliphatic heterocycles. The fraction of sp³-hybridized carbons (Fsp3) is 0.0667. The minimum absolute atomic E-state index is 0.393. The van der Waals surface area contributed by atoms with Crippen LogP contribution in [0.2, 0.25) is 0 Å². The molecule has 0 aliphatic carbocycles. The van der Waals surface area contributed by atoms with Crippen LogP contribution in [0.15, 0.2) is 46.9 Å². The van der Waals surface area contributed by atoms with Crippen molar-refractivity contribution in [1.29, 1.82) is 0 Å². The number of nitrogen functional groups attached to an aromatic ring is 1. The highest BCUT2D eigenvalue weighted by Gasteiger charge is 2.08. The molecule has 2 aromatic carbocycles. The minimum Gasteiger partial charge on any atom is -0.438 e. The van der Waals surface area contributed by atoms with Crippen LogP contribution in [0.5, 0.6) is 11.6 Å². The van der Waals surface area contributed by atoms with E-state index >= 15 is 0 Å². The standard InChI is InChI=1S/C15H12BrN3O/c1-9-18-13(17)8-14(19-9)20-12-7-6-10-4-2-3-5-11(10)15(12)16/h2-8H,1H3,(H2,17,18,19).